The van der Waals surface area contributed by atoms with Gasteiger partial charge in [-0.15, -0.1) is 0 Å². The maximum Gasteiger partial charge on any atom is 0.224 e. The largest absolute Gasteiger partial charge is 0.352 e. The number of carbonyl (C=O) groups excluding carboxylic acids is 1. The minimum absolute atomic E-state index is 0.00443. The van der Waals surface area contributed by atoms with Crippen LogP contribution in [0.5, 0.6) is 0 Å². The van der Waals surface area contributed by atoms with Gasteiger partial charge in [0.2, 0.25) is 5.91 Å². The zero-order valence-electron chi connectivity index (χ0n) is 11.7. The minimum Gasteiger partial charge on any atom is -0.352 e. The molecule has 0 unspecified atom stereocenters. The Hall–Kier alpha value is -0.900. The van der Waals surface area contributed by atoms with Crippen LogP contribution >= 0.6 is 15.9 Å². The maximum absolute atomic E-state index is 13.6. The summed E-state index contributed by atoms with van der Waals surface area (Å²) in [4.78, 5) is 12.2. The Morgan fingerprint density at radius 1 is 1.32 bits per heavy atom. The van der Waals surface area contributed by atoms with Gasteiger partial charge in [-0.1, -0.05) is 43.6 Å². The number of carbonyl (C=O) groups is 1. The van der Waals surface area contributed by atoms with E-state index < -0.39 is 0 Å². The van der Waals surface area contributed by atoms with Crippen LogP contribution in [0.15, 0.2) is 22.7 Å². The van der Waals surface area contributed by atoms with E-state index in [4.69, 9.17) is 0 Å². The van der Waals surface area contributed by atoms with Gasteiger partial charge in [0.1, 0.15) is 5.82 Å². The van der Waals surface area contributed by atoms with Crippen molar-refractivity contribution >= 4 is 21.8 Å². The smallest absolute Gasteiger partial charge is 0.224 e. The summed E-state index contributed by atoms with van der Waals surface area (Å²) in [5.74, 6) is -0.289. The molecule has 0 spiro atoms. The number of halogens is 2. The van der Waals surface area contributed by atoms with E-state index in [2.05, 4.69) is 48.9 Å². The van der Waals surface area contributed by atoms with Crippen LogP contribution < -0.4 is 5.32 Å². The third-order valence-corrected chi connectivity index (χ3v) is 5.24. The zero-order chi connectivity index (χ0) is 14.4. The SMILES string of the molecule is CC1(C)C(C(=O)NCc2cc(Br)ccc2F)C1(C)C. The highest BCUT2D eigenvalue weighted by Gasteiger charge is 2.68. The Kier molecular flexibility index (Phi) is 3.50. The summed E-state index contributed by atoms with van der Waals surface area (Å²) in [6.45, 7) is 8.61. The van der Waals surface area contributed by atoms with Gasteiger partial charge in [-0.05, 0) is 29.0 Å². The summed E-state index contributed by atoms with van der Waals surface area (Å²) in [5, 5.41) is 2.84. The van der Waals surface area contributed by atoms with E-state index in [0.29, 0.717) is 5.56 Å². The first-order valence-electron chi connectivity index (χ1n) is 6.39. The van der Waals surface area contributed by atoms with Crippen LogP contribution in [0.25, 0.3) is 0 Å². The minimum atomic E-state index is -0.294. The first kappa shape index (κ1) is 14.5. The van der Waals surface area contributed by atoms with Gasteiger partial charge in [0.05, 0.1) is 0 Å². The number of rotatable bonds is 3. The Morgan fingerprint density at radius 2 is 1.89 bits per heavy atom. The lowest BCUT2D eigenvalue weighted by Crippen LogP contribution is -2.27. The number of amides is 1. The van der Waals surface area contributed by atoms with Crippen molar-refractivity contribution in [1.82, 2.24) is 5.32 Å². The molecule has 1 N–H and O–H groups in total. The van der Waals surface area contributed by atoms with Crippen molar-refractivity contribution in [3.63, 3.8) is 0 Å². The molecule has 1 amide bonds. The van der Waals surface area contributed by atoms with Crippen molar-refractivity contribution in [3.05, 3.63) is 34.1 Å². The molecular weight excluding hydrogens is 309 g/mol. The summed E-state index contributed by atoms with van der Waals surface area (Å²) in [7, 11) is 0. The Balaban J connectivity index is 2.01. The van der Waals surface area contributed by atoms with E-state index in [9.17, 15) is 9.18 Å². The van der Waals surface area contributed by atoms with Gasteiger partial charge in [-0.3, -0.25) is 4.79 Å². The molecular formula is C15H19BrFNO. The zero-order valence-corrected chi connectivity index (χ0v) is 13.3. The van der Waals surface area contributed by atoms with E-state index in [1.165, 1.54) is 6.07 Å². The predicted octanol–water partition coefficient (Wildman–Crippen LogP) is 3.89. The standard InChI is InChI=1S/C15H19BrFNO/c1-14(2)12(15(14,3)4)13(19)18-8-9-7-10(16)5-6-11(9)17/h5-7,12H,8H2,1-4H3,(H,18,19). The second-order valence-electron chi connectivity index (χ2n) is 6.33. The Bertz CT molecular complexity index is 511. The molecule has 1 aliphatic carbocycles. The summed E-state index contributed by atoms with van der Waals surface area (Å²) in [6, 6.07) is 4.74. The van der Waals surface area contributed by atoms with Crippen LogP contribution in [0, 0.1) is 22.6 Å². The molecule has 104 valence electrons. The molecule has 1 fully saturated rings. The van der Waals surface area contributed by atoms with Gasteiger partial charge in [0.15, 0.2) is 0 Å². The Morgan fingerprint density at radius 3 is 2.42 bits per heavy atom. The number of hydrogen-bond donors (Lipinski definition) is 1. The van der Waals surface area contributed by atoms with E-state index in [0.717, 1.165) is 4.47 Å². The van der Waals surface area contributed by atoms with Crippen LogP contribution in [-0.4, -0.2) is 5.91 Å². The van der Waals surface area contributed by atoms with Gasteiger partial charge < -0.3 is 5.32 Å². The molecule has 0 aromatic heterocycles. The van der Waals surface area contributed by atoms with E-state index in [1.54, 1.807) is 12.1 Å². The first-order valence-corrected chi connectivity index (χ1v) is 7.19. The van der Waals surface area contributed by atoms with Crippen molar-refractivity contribution in [3.8, 4) is 0 Å². The molecule has 0 heterocycles. The fourth-order valence-electron chi connectivity index (χ4n) is 2.82. The molecule has 0 radical (unpaired) electrons. The third-order valence-electron chi connectivity index (χ3n) is 4.74. The monoisotopic (exact) mass is 327 g/mol. The molecule has 1 aromatic rings. The van der Waals surface area contributed by atoms with Crippen LogP contribution in [-0.2, 0) is 11.3 Å². The fraction of sp³-hybridized carbons (Fsp3) is 0.533. The van der Waals surface area contributed by atoms with Crippen molar-refractivity contribution in [2.45, 2.75) is 34.2 Å². The molecule has 4 heteroatoms. The fourth-order valence-corrected chi connectivity index (χ4v) is 3.22. The van der Waals surface area contributed by atoms with Gasteiger partial charge in [-0.25, -0.2) is 4.39 Å². The van der Waals surface area contributed by atoms with Crippen LogP contribution in [0.1, 0.15) is 33.3 Å². The summed E-state index contributed by atoms with van der Waals surface area (Å²) >= 11 is 3.30. The predicted molar refractivity (Wildman–Crippen MR) is 77.0 cm³/mol. The molecule has 0 aliphatic heterocycles. The molecule has 1 aromatic carbocycles. The molecule has 1 saturated carbocycles. The second kappa shape index (κ2) is 4.58. The highest BCUT2D eigenvalue weighted by molar-refractivity contribution is 9.10. The highest BCUT2D eigenvalue weighted by Crippen LogP contribution is 2.68. The van der Waals surface area contributed by atoms with Crippen LogP contribution in [0.4, 0.5) is 4.39 Å². The molecule has 1 aliphatic rings. The summed E-state index contributed by atoms with van der Waals surface area (Å²) in [6.07, 6.45) is 0. The normalized spacial score (nSPS) is 20.1. The topological polar surface area (TPSA) is 29.1 Å². The second-order valence-corrected chi connectivity index (χ2v) is 7.25. The van der Waals surface area contributed by atoms with Crippen molar-refractivity contribution in [1.29, 1.82) is 0 Å². The summed E-state index contributed by atoms with van der Waals surface area (Å²) in [5.41, 5.74) is 0.513. The van der Waals surface area contributed by atoms with Crippen LogP contribution in [0.2, 0.25) is 0 Å². The van der Waals surface area contributed by atoms with Gasteiger partial charge in [0, 0.05) is 22.5 Å². The molecule has 0 bridgehead atoms. The van der Waals surface area contributed by atoms with Gasteiger partial charge >= 0.3 is 0 Å². The molecule has 19 heavy (non-hydrogen) atoms. The highest BCUT2D eigenvalue weighted by atomic mass is 79.9. The first-order chi connectivity index (χ1) is 8.68. The average molecular weight is 328 g/mol. The lowest BCUT2D eigenvalue weighted by Gasteiger charge is -2.08. The van der Waals surface area contributed by atoms with Crippen molar-refractivity contribution in [2.24, 2.45) is 16.7 Å². The summed E-state index contributed by atoms with van der Waals surface area (Å²) < 4.78 is 14.4. The van der Waals surface area contributed by atoms with Crippen molar-refractivity contribution in [2.75, 3.05) is 0 Å². The van der Waals surface area contributed by atoms with Crippen LogP contribution in [0.3, 0.4) is 0 Å². The third kappa shape index (κ3) is 2.42. The molecule has 2 rings (SSSR count). The van der Waals surface area contributed by atoms with E-state index >= 15 is 0 Å². The van der Waals surface area contributed by atoms with E-state index in [-0.39, 0.29) is 35.0 Å². The molecule has 0 saturated heterocycles. The van der Waals surface area contributed by atoms with Gasteiger partial charge in [0.25, 0.3) is 0 Å². The van der Waals surface area contributed by atoms with Gasteiger partial charge in [-0.2, -0.15) is 0 Å². The lowest BCUT2D eigenvalue weighted by molar-refractivity contribution is -0.123. The maximum atomic E-state index is 13.6. The number of benzene rings is 1. The lowest BCUT2D eigenvalue weighted by atomic mass is 10.0. The van der Waals surface area contributed by atoms with Crippen molar-refractivity contribution < 1.29 is 9.18 Å². The molecule has 0 atom stereocenters. The number of hydrogen-bond acceptors (Lipinski definition) is 1. The molecule has 2 nitrogen and oxygen atoms in total. The Labute approximate surface area is 121 Å². The average Bonchev–Trinajstić information content (AvgIpc) is 2.70. The quantitative estimate of drug-likeness (QED) is 0.896. The number of nitrogens with one attached hydrogen (secondary N) is 1. The van der Waals surface area contributed by atoms with E-state index in [1.807, 2.05) is 0 Å².